The molecule has 2 rings (SSSR count). The molecule has 0 radical (unpaired) electrons. The zero-order chi connectivity index (χ0) is 16.5. The van der Waals surface area contributed by atoms with E-state index in [2.05, 4.69) is 10.6 Å². The van der Waals surface area contributed by atoms with E-state index in [0.29, 0.717) is 24.8 Å². The maximum Gasteiger partial charge on any atom is 0.244 e. The quantitative estimate of drug-likeness (QED) is 0.663. The van der Waals surface area contributed by atoms with E-state index in [1.807, 2.05) is 0 Å². The summed E-state index contributed by atoms with van der Waals surface area (Å²) in [6.07, 6.45) is 8.18. The fourth-order valence-corrected chi connectivity index (χ4v) is 2.70. The molecule has 1 fully saturated rings. The molecule has 0 bridgehead atoms. The largest absolute Gasteiger partial charge is 0.465 e. The van der Waals surface area contributed by atoms with Gasteiger partial charge in [0.1, 0.15) is 5.76 Å². The molecule has 23 heavy (non-hydrogen) atoms. The number of rotatable bonds is 7. The summed E-state index contributed by atoms with van der Waals surface area (Å²) < 4.78 is 5.07. The van der Waals surface area contributed by atoms with Crippen LogP contribution in [-0.2, 0) is 9.59 Å². The number of aliphatic hydroxyl groups excluding tert-OH is 1. The topological polar surface area (TPSA) is 91.6 Å². The third kappa shape index (κ3) is 6.69. The lowest BCUT2D eigenvalue weighted by Gasteiger charge is -2.25. The second kappa shape index (κ2) is 9.15. The van der Waals surface area contributed by atoms with Crippen LogP contribution in [0, 0.1) is 5.92 Å². The van der Waals surface area contributed by atoms with Crippen molar-refractivity contribution in [3.8, 4) is 0 Å². The third-order valence-corrected chi connectivity index (χ3v) is 3.94. The molecule has 1 aromatic rings. The van der Waals surface area contributed by atoms with Crippen LogP contribution in [0.4, 0.5) is 0 Å². The van der Waals surface area contributed by atoms with Crippen LogP contribution in [0.15, 0.2) is 28.9 Å². The molecule has 2 atom stereocenters. The highest BCUT2D eigenvalue weighted by Gasteiger charge is 2.20. The molecular formula is C17H24N2O4. The van der Waals surface area contributed by atoms with E-state index in [1.165, 1.54) is 12.3 Å². The summed E-state index contributed by atoms with van der Waals surface area (Å²) in [5.74, 6) is 0.617. The summed E-state index contributed by atoms with van der Waals surface area (Å²) in [5, 5.41) is 15.1. The van der Waals surface area contributed by atoms with Gasteiger partial charge in [0.2, 0.25) is 11.8 Å². The monoisotopic (exact) mass is 320 g/mol. The van der Waals surface area contributed by atoms with Crippen LogP contribution in [0.5, 0.6) is 0 Å². The lowest BCUT2D eigenvalue weighted by atomic mass is 9.87. The molecule has 6 nitrogen and oxygen atoms in total. The first-order valence-electron chi connectivity index (χ1n) is 8.07. The lowest BCUT2D eigenvalue weighted by molar-refractivity contribution is -0.121. The lowest BCUT2D eigenvalue weighted by Crippen LogP contribution is -2.35. The summed E-state index contributed by atoms with van der Waals surface area (Å²) in [5.41, 5.74) is 0. The van der Waals surface area contributed by atoms with Gasteiger partial charge in [-0.15, -0.1) is 0 Å². The van der Waals surface area contributed by atoms with Crippen molar-refractivity contribution in [3.05, 3.63) is 30.2 Å². The van der Waals surface area contributed by atoms with E-state index in [0.717, 1.165) is 25.7 Å². The van der Waals surface area contributed by atoms with Crippen LogP contribution in [-0.4, -0.2) is 36.1 Å². The highest BCUT2D eigenvalue weighted by atomic mass is 16.3. The van der Waals surface area contributed by atoms with Gasteiger partial charge < -0.3 is 20.2 Å². The van der Waals surface area contributed by atoms with Gasteiger partial charge >= 0.3 is 0 Å². The minimum atomic E-state index is -0.260. The van der Waals surface area contributed by atoms with Crippen LogP contribution in [0.3, 0.4) is 0 Å². The van der Waals surface area contributed by atoms with Gasteiger partial charge in [-0.05, 0) is 43.4 Å². The molecule has 0 aromatic carbocycles. The van der Waals surface area contributed by atoms with Gasteiger partial charge in [-0.3, -0.25) is 9.59 Å². The summed E-state index contributed by atoms with van der Waals surface area (Å²) in [4.78, 5) is 23.3. The van der Waals surface area contributed by atoms with E-state index < -0.39 is 0 Å². The number of carbonyl (C=O) groups excluding carboxylic acids is 2. The second-order valence-corrected chi connectivity index (χ2v) is 5.88. The Balaban J connectivity index is 1.56. The van der Waals surface area contributed by atoms with Crippen LogP contribution < -0.4 is 10.6 Å². The average molecular weight is 320 g/mol. The molecule has 0 spiro atoms. The van der Waals surface area contributed by atoms with Gasteiger partial charge in [0.15, 0.2) is 0 Å². The Kier molecular flexibility index (Phi) is 6.87. The van der Waals surface area contributed by atoms with E-state index in [9.17, 15) is 14.7 Å². The van der Waals surface area contributed by atoms with Crippen LogP contribution in [0.1, 0.15) is 37.9 Å². The number of hydrogen-bond donors (Lipinski definition) is 3. The predicted octanol–water partition coefficient (Wildman–Crippen LogP) is 1.47. The standard InChI is InChI=1S/C17H24N2O4/c20-14-4-1-3-13(11-14)12-19-17(22)8-9-18-16(21)7-6-15-5-2-10-23-15/h2,5-7,10,13-14,20H,1,3-4,8-9,11-12H2,(H,18,21)(H,19,22). The van der Waals surface area contributed by atoms with Gasteiger partial charge in [0, 0.05) is 25.6 Å². The Hall–Kier alpha value is -2.08. The molecule has 1 aromatic heterocycles. The van der Waals surface area contributed by atoms with Crippen molar-refractivity contribution in [2.75, 3.05) is 13.1 Å². The average Bonchev–Trinajstić information content (AvgIpc) is 3.04. The highest BCUT2D eigenvalue weighted by molar-refractivity contribution is 5.91. The summed E-state index contributed by atoms with van der Waals surface area (Å²) in [6, 6.07) is 3.49. The zero-order valence-corrected chi connectivity index (χ0v) is 13.2. The Labute approximate surface area is 135 Å². The summed E-state index contributed by atoms with van der Waals surface area (Å²) in [6.45, 7) is 0.892. The second-order valence-electron chi connectivity index (χ2n) is 5.88. The fourth-order valence-electron chi connectivity index (χ4n) is 2.70. The van der Waals surface area contributed by atoms with Crippen LogP contribution >= 0.6 is 0 Å². The van der Waals surface area contributed by atoms with Crippen LogP contribution in [0.25, 0.3) is 6.08 Å². The number of aliphatic hydroxyl groups is 1. The Morgan fingerprint density at radius 2 is 2.22 bits per heavy atom. The van der Waals surface area contributed by atoms with Gasteiger partial charge in [0.05, 0.1) is 12.4 Å². The number of amides is 2. The van der Waals surface area contributed by atoms with Crippen molar-refractivity contribution in [3.63, 3.8) is 0 Å². The molecule has 2 amide bonds. The predicted molar refractivity (Wildman–Crippen MR) is 86.3 cm³/mol. The minimum Gasteiger partial charge on any atom is -0.465 e. The first kappa shape index (κ1) is 17.3. The van der Waals surface area contributed by atoms with Crippen molar-refractivity contribution in [1.82, 2.24) is 10.6 Å². The maximum absolute atomic E-state index is 11.7. The number of furan rings is 1. The molecular weight excluding hydrogens is 296 g/mol. The zero-order valence-electron chi connectivity index (χ0n) is 13.2. The van der Waals surface area contributed by atoms with Gasteiger partial charge in [0.25, 0.3) is 0 Å². The van der Waals surface area contributed by atoms with E-state index in [1.54, 1.807) is 18.2 Å². The van der Waals surface area contributed by atoms with Crippen LogP contribution in [0.2, 0.25) is 0 Å². The fraction of sp³-hybridized carbons (Fsp3) is 0.529. The first-order chi connectivity index (χ1) is 11.1. The molecule has 2 unspecified atom stereocenters. The number of nitrogens with one attached hydrogen (secondary N) is 2. The Morgan fingerprint density at radius 1 is 1.35 bits per heavy atom. The molecule has 0 aliphatic heterocycles. The number of carbonyl (C=O) groups is 2. The normalized spacial score (nSPS) is 21.3. The van der Waals surface area contributed by atoms with Crippen molar-refractivity contribution in [2.45, 2.75) is 38.2 Å². The van der Waals surface area contributed by atoms with Crippen molar-refractivity contribution >= 4 is 17.9 Å². The van der Waals surface area contributed by atoms with E-state index in [4.69, 9.17) is 4.42 Å². The molecule has 126 valence electrons. The SMILES string of the molecule is O=C(C=Cc1ccco1)NCCC(=O)NCC1CCCC(O)C1. The Morgan fingerprint density at radius 3 is 2.96 bits per heavy atom. The molecule has 1 saturated carbocycles. The van der Waals surface area contributed by atoms with Gasteiger partial charge in [-0.1, -0.05) is 6.42 Å². The van der Waals surface area contributed by atoms with E-state index in [-0.39, 0.29) is 24.3 Å². The molecule has 1 aliphatic carbocycles. The molecule has 3 N–H and O–H groups in total. The molecule has 1 aliphatic rings. The van der Waals surface area contributed by atoms with Gasteiger partial charge in [-0.25, -0.2) is 0 Å². The van der Waals surface area contributed by atoms with Crippen molar-refractivity contribution < 1.29 is 19.1 Å². The minimum absolute atomic E-state index is 0.0830. The smallest absolute Gasteiger partial charge is 0.244 e. The summed E-state index contributed by atoms with van der Waals surface area (Å²) in [7, 11) is 0. The first-order valence-corrected chi connectivity index (χ1v) is 8.07. The molecule has 0 saturated heterocycles. The third-order valence-electron chi connectivity index (χ3n) is 3.94. The van der Waals surface area contributed by atoms with E-state index >= 15 is 0 Å². The molecule has 6 heteroatoms. The number of hydrogen-bond acceptors (Lipinski definition) is 4. The van der Waals surface area contributed by atoms with Crippen molar-refractivity contribution in [2.24, 2.45) is 5.92 Å². The Bertz CT molecular complexity index is 525. The highest BCUT2D eigenvalue weighted by Crippen LogP contribution is 2.23. The molecule has 1 heterocycles. The van der Waals surface area contributed by atoms with Crippen molar-refractivity contribution in [1.29, 1.82) is 0 Å². The maximum atomic E-state index is 11.7. The summed E-state index contributed by atoms with van der Waals surface area (Å²) >= 11 is 0. The van der Waals surface area contributed by atoms with Gasteiger partial charge in [-0.2, -0.15) is 0 Å².